The number of rotatable bonds is 0. The van der Waals surface area contributed by atoms with Crippen LogP contribution in [0.5, 0.6) is 0 Å². The zero-order valence-electron chi connectivity index (χ0n) is 5.96. The van der Waals surface area contributed by atoms with E-state index in [1.54, 1.807) is 18.5 Å². The predicted molar refractivity (Wildman–Crippen MR) is 50.7 cm³/mol. The minimum atomic E-state index is -0.306. The largest absolute Gasteiger partial charge is 0.361 e. The number of hydrogen-bond donors (Lipinski definition) is 1. The van der Waals surface area contributed by atoms with Crippen molar-refractivity contribution in [2.45, 2.75) is 5.50 Å². The molecule has 0 radical (unpaired) electrons. The molecule has 0 saturated carbocycles. The van der Waals surface area contributed by atoms with Crippen LogP contribution in [-0.4, -0.2) is 16.7 Å². The van der Waals surface area contributed by atoms with Crippen molar-refractivity contribution in [2.24, 2.45) is 4.99 Å². The van der Waals surface area contributed by atoms with E-state index in [0.29, 0.717) is 10.8 Å². The second-order valence-electron chi connectivity index (χ2n) is 2.32. The van der Waals surface area contributed by atoms with Crippen LogP contribution in [0.1, 0.15) is 0 Å². The molecule has 2 rings (SSSR count). The monoisotopic (exact) mass is 201 g/mol. The molecule has 5 heteroatoms. The number of fused-ring (bicyclic) bond motifs is 1. The van der Waals surface area contributed by atoms with E-state index >= 15 is 0 Å². The first kappa shape index (κ1) is 7.83. The topological polar surface area (TPSA) is 37.3 Å². The van der Waals surface area contributed by atoms with E-state index in [2.05, 4.69) is 15.3 Å². The number of nitrogens with one attached hydrogen (secondary N) is 1. The van der Waals surface area contributed by atoms with Gasteiger partial charge in [-0.25, -0.2) is 4.98 Å². The molecular formula is C7H5Cl2N3. The third-order valence-corrected chi connectivity index (χ3v) is 2.02. The summed E-state index contributed by atoms with van der Waals surface area (Å²) < 4.78 is 0. The molecule has 0 aromatic carbocycles. The van der Waals surface area contributed by atoms with Crippen LogP contribution < -0.4 is 5.32 Å². The number of anilines is 1. The molecule has 1 aliphatic heterocycles. The molecule has 0 amide bonds. The van der Waals surface area contributed by atoms with Crippen molar-refractivity contribution in [3.8, 4) is 0 Å². The highest BCUT2D eigenvalue weighted by Crippen LogP contribution is 2.33. The number of aromatic nitrogens is 1. The fraction of sp³-hybridized carbons (Fsp3) is 0.143. The summed E-state index contributed by atoms with van der Waals surface area (Å²) >= 11 is 11.6. The molecule has 1 unspecified atom stereocenters. The molecule has 12 heavy (non-hydrogen) atoms. The summed E-state index contributed by atoms with van der Waals surface area (Å²) in [4.78, 5) is 7.99. The van der Waals surface area contributed by atoms with Gasteiger partial charge in [0, 0.05) is 12.4 Å². The number of halogens is 2. The molecule has 1 aromatic heterocycles. The fourth-order valence-corrected chi connectivity index (χ4v) is 1.36. The maximum Gasteiger partial charge on any atom is 0.154 e. The standard InChI is InChI=1S/C7H5Cl2N3/c8-5-3-11-4-1-2-10-7(9)6(4)12-5/h1-3,5,12H. The lowest BCUT2D eigenvalue weighted by Crippen LogP contribution is -2.17. The Balaban J connectivity index is 2.53. The van der Waals surface area contributed by atoms with Crippen molar-refractivity contribution in [3.05, 3.63) is 17.4 Å². The predicted octanol–water partition coefficient (Wildman–Crippen LogP) is 2.43. The van der Waals surface area contributed by atoms with Gasteiger partial charge in [0.1, 0.15) is 5.50 Å². The van der Waals surface area contributed by atoms with E-state index in [1.807, 2.05) is 0 Å². The Hall–Kier alpha value is -0.800. The second kappa shape index (κ2) is 2.92. The van der Waals surface area contributed by atoms with Gasteiger partial charge in [-0.3, -0.25) is 4.99 Å². The van der Waals surface area contributed by atoms with Crippen molar-refractivity contribution in [1.82, 2.24) is 4.98 Å². The highest BCUT2D eigenvalue weighted by atomic mass is 35.5. The van der Waals surface area contributed by atoms with Gasteiger partial charge in [0.05, 0.1) is 11.4 Å². The van der Waals surface area contributed by atoms with E-state index in [-0.39, 0.29) is 5.50 Å². The van der Waals surface area contributed by atoms with Gasteiger partial charge in [-0.2, -0.15) is 0 Å². The lowest BCUT2D eigenvalue weighted by Gasteiger charge is -2.16. The average molecular weight is 202 g/mol. The Labute approximate surface area is 79.4 Å². The van der Waals surface area contributed by atoms with Crippen LogP contribution in [0.15, 0.2) is 17.3 Å². The summed E-state index contributed by atoms with van der Waals surface area (Å²) in [5.74, 6) is 0. The first-order chi connectivity index (χ1) is 5.77. The zero-order chi connectivity index (χ0) is 8.55. The van der Waals surface area contributed by atoms with Crippen molar-refractivity contribution in [1.29, 1.82) is 0 Å². The third kappa shape index (κ3) is 1.26. The van der Waals surface area contributed by atoms with Crippen LogP contribution in [0.3, 0.4) is 0 Å². The Kier molecular flexibility index (Phi) is 1.90. The van der Waals surface area contributed by atoms with Crippen LogP contribution in [0.2, 0.25) is 5.15 Å². The minimum absolute atomic E-state index is 0.306. The van der Waals surface area contributed by atoms with Crippen molar-refractivity contribution < 1.29 is 0 Å². The molecule has 1 aliphatic rings. The van der Waals surface area contributed by atoms with Gasteiger partial charge in [-0.1, -0.05) is 23.2 Å². The number of hydrogen-bond acceptors (Lipinski definition) is 3. The van der Waals surface area contributed by atoms with Crippen LogP contribution in [0, 0.1) is 0 Å². The highest BCUT2D eigenvalue weighted by molar-refractivity contribution is 6.34. The van der Waals surface area contributed by atoms with Crippen LogP contribution in [0.25, 0.3) is 0 Å². The van der Waals surface area contributed by atoms with Gasteiger partial charge < -0.3 is 5.32 Å². The SMILES string of the molecule is Clc1nccc2c1NC(Cl)C=N2. The van der Waals surface area contributed by atoms with Crippen LogP contribution in [-0.2, 0) is 0 Å². The first-order valence-electron chi connectivity index (χ1n) is 3.36. The first-order valence-corrected chi connectivity index (χ1v) is 4.18. The molecule has 62 valence electrons. The summed E-state index contributed by atoms with van der Waals surface area (Å²) in [5.41, 5.74) is 1.16. The van der Waals surface area contributed by atoms with Gasteiger partial charge >= 0.3 is 0 Å². The Morgan fingerprint density at radius 1 is 1.50 bits per heavy atom. The molecule has 1 N–H and O–H groups in total. The zero-order valence-corrected chi connectivity index (χ0v) is 7.47. The van der Waals surface area contributed by atoms with Crippen LogP contribution in [0.4, 0.5) is 11.4 Å². The van der Waals surface area contributed by atoms with Gasteiger partial charge in [0.2, 0.25) is 0 Å². The van der Waals surface area contributed by atoms with E-state index in [1.165, 1.54) is 0 Å². The maximum absolute atomic E-state index is 5.80. The summed E-state index contributed by atoms with van der Waals surface area (Å²) in [5, 5.41) is 3.35. The van der Waals surface area contributed by atoms with Gasteiger partial charge in [-0.15, -0.1) is 0 Å². The quantitative estimate of drug-likeness (QED) is 0.398. The third-order valence-electron chi connectivity index (χ3n) is 1.51. The van der Waals surface area contributed by atoms with E-state index in [9.17, 15) is 0 Å². The van der Waals surface area contributed by atoms with E-state index in [4.69, 9.17) is 23.2 Å². The van der Waals surface area contributed by atoms with Crippen molar-refractivity contribution in [2.75, 3.05) is 5.32 Å². The van der Waals surface area contributed by atoms with Crippen molar-refractivity contribution >= 4 is 40.8 Å². The molecule has 0 aliphatic carbocycles. The molecule has 0 bridgehead atoms. The number of nitrogens with zero attached hydrogens (tertiary/aromatic N) is 2. The number of alkyl halides is 1. The Bertz CT molecular complexity index is 337. The number of aliphatic imine (C=N–C) groups is 1. The molecule has 0 saturated heterocycles. The summed E-state index contributed by atoms with van der Waals surface area (Å²) in [6, 6.07) is 1.77. The average Bonchev–Trinajstić information content (AvgIpc) is 2.07. The van der Waals surface area contributed by atoms with Gasteiger partial charge in [0.15, 0.2) is 5.15 Å². The van der Waals surface area contributed by atoms with E-state index < -0.39 is 0 Å². The van der Waals surface area contributed by atoms with Crippen LogP contribution >= 0.6 is 23.2 Å². The Morgan fingerprint density at radius 2 is 2.33 bits per heavy atom. The Morgan fingerprint density at radius 3 is 3.17 bits per heavy atom. The smallest absolute Gasteiger partial charge is 0.154 e. The summed E-state index contributed by atoms with van der Waals surface area (Å²) in [7, 11) is 0. The van der Waals surface area contributed by atoms with E-state index in [0.717, 1.165) is 5.69 Å². The molecule has 2 heterocycles. The molecule has 1 atom stereocenters. The molecule has 3 nitrogen and oxygen atoms in total. The number of pyridine rings is 1. The lowest BCUT2D eigenvalue weighted by molar-refractivity contribution is 1.22. The normalized spacial score (nSPS) is 20.0. The molecule has 1 aromatic rings. The summed E-state index contributed by atoms with van der Waals surface area (Å²) in [6.45, 7) is 0. The lowest BCUT2D eigenvalue weighted by atomic mass is 10.3. The maximum atomic E-state index is 5.80. The van der Waals surface area contributed by atoms with Gasteiger partial charge in [0.25, 0.3) is 0 Å². The van der Waals surface area contributed by atoms with Crippen molar-refractivity contribution in [3.63, 3.8) is 0 Å². The minimum Gasteiger partial charge on any atom is -0.361 e. The molecule has 0 fully saturated rings. The highest BCUT2D eigenvalue weighted by Gasteiger charge is 2.14. The summed E-state index contributed by atoms with van der Waals surface area (Å²) in [6.07, 6.45) is 3.22. The van der Waals surface area contributed by atoms with Gasteiger partial charge in [-0.05, 0) is 6.07 Å². The second-order valence-corrected chi connectivity index (χ2v) is 3.15. The fourth-order valence-electron chi connectivity index (χ4n) is 0.989. The molecular weight excluding hydrogens is 197 g/mol. The molecule has 0 spiro atoms.